The average Bonchev–Trinajstić information content (AvgIpc) is 3.01. The van der Waals surface area contributed by atoms with Crippen molar-refractivity contribution in [3.8, 4) is 17.1 Å². The van der Waals surface area contributed by atoms with E-state index >= 15 is 0 Å². The Bertz CT molecular complexity index is 767. The summed E-state index contributed by atoms with van der Waals surface area (Å²) in [6.07, 6.45) is 0. The van der Waals surface area contributed by atoms with E-state index < -0.39 is 16.0 Å². The normalized spacial score (nSPS) is 14.0. The molecule has 0 fully saturated rings. The molecule has 2 unspecified atom stereocenters. The number of amides is 1. The van der Waals surface area contributed by atoms with Gasteiger partial charge in [0, 0.05) is 21.9 Å². The zero-order chi connectivity index (χ0) is 18.6. The first kappa shape index (κ1) is 19.1. The van der Waals surface area contributed by atoms with Gasteiger partial charge in [-0.1, -0.05) is 17.3 Å². The van der Waals surface area contributed by atoms with E-state index in [1.165, 1.54) is 0 Å². The number of carbonyl (C=O) groups is 1. The Labute approximate surface area is 149 Å². The molecular formula is C17H23N3O4S. The Morgan fingerprint density at radius 3 is 2.76 bits per heavy atom. The van der Waals surface area contributed by atoms with E-state index in [9.17, 15) is 9.00 Å². The average molecular weight is 365 g/mol. The van der Waals surface area contributed by atoms with Crippen molar-refractivity contribution in [2.45, 2.75) is 44.2 Å². The van der Waals surface area contributed by atoms with Crippen LogP contribution in [0.5, 0.6) is 5.75 Å². The summed E-state index contributed by atoms with van der Waals surface area (Å²) in [5.41, 5.74) is 0.359. The number of rotatable bonds is 6. The van der Waals surface area contributed by atoms with E-state index in [1.807, 2.05) is 39.0 Å². The molecule has 2 atom stereocenters. The summed E-state index contributed by atoms with van der Waals surface area (Å²) in [5.74, 6) is 1.05. The molecule has 25 heavy (non-hydrogen) atoms. The fraction of sp³-hybridized carbons (Fsp3) is 0.471. The fourth-order valence-corrected chi connectivity index (χ4v) is 2.94. The van der Waals surface area contributed by atoms with Crippen LogP contribution in [0.15, 0.2) is 28.8 Å². The highest BCUT2D eigenvalue weighted by Crippen LogP contribution is 2.21. The molecule has 2 rings (SSSR count). The molecule has 1 aromatic heterocycles. The zero-order valence-corrected chi connectivity index (χ0v) is 15.8. The maximum Gasteiger partial charge on any atom is 0.239 e. The molecule has 0 radical (unpaired) electrons. The zero-order valence-electron chi connectivity index (χ0n) is 15.0. The van der Waals surface area contributed by atoms with Crippen LogP contribution in [-0.2, 0) is 21.3 Å². The van der Waals surface area contributed by atoms with Gasteiger partial charge in [0.05, 0.1) is 7.11 Å². The number of nitrogens with zero attached hydrogens (tertiary/aromatic N) is 2. The Hall–Kier alpha value is -2.22. The van der Waals surface area contributed by atoms with Crippen LogP contribution >= 0.6 is 0 Å². The van der Waals surface area contributed by atoms with Crippen LogP contribution in [0.3, 0.4) is 0 Å². The summed E-state index contributed by atoms with van der Waals surface area (Å²) in [6, 6.07) is 7.24. The highest BCUT2D eigenvalue weighted by Gasteiger charge is 2.25. The Morgan fingerprint density at radius 2 is 2.12 bits per heavy atom. The lowest BCUT2D eigenvalue weighted by molar-refractivity contribution is -0.121. The van der Waals surface area contributed by atoms with Gasteiger partial charge in [-0.2, -0.15) is 4.98 Å². The first-order valence-electron chi connectivity index (χ1n) is 7.86. The summed E-state index contributed by atoms with van der Waals surface area (Å²) in [4.78, 5) is 16.4. The van der Waals surface area contributed by atoms with Crippen molar-refractivity contribution in [3.05, 3.63) is 30.2 Å². The van der Waals surface area contributed by atoms with Crippen LogP contribution in [0.4, 0.5) is 0 Å². The SMILES string of the molecule is COc1cccc(-c2noc(CS(=O)C(C)C(=O)NC(C)(C)C)n2)c1. The molecule has 1 heterocycles. The predicted molar refractivity (Wildman–Crippen MR) is 95.5 cm³/mol. The summed E-state index contributed by atoms with van der Waals surface area (Å²) >= 11 is 0. The maximum absolute atomic E-state index is 12.4. The molecule has 0 saturated carbocycles. The van der Waals surface area contributed by atoms with E-state index in [2.05, 4.69) is 15.5 Å². The highest BCUT2D eigenvalue weighted by molar-refractivity contribution is 7.85. The second-order valence-corrected chi connectivity index (χ2v) is 8.41. The molecule has 1 N–H and O–H groups in total. The lowest BCUT2D eigenvalue weighted by atomic mass is 10.1. The quantitative estimate of drug-likeness (QED) is 0.844. The minimum atomic E-state index is -1.46. The first-order valence-corrected chi connectivity index (χ1v) is 9.24. The topological polar surface area (TPSA) is 94.3 Å². The van der Waals surface area contributed by atoms with Crippen molar-refractivity contribution in [2.24, 2.45) is 0 Å². The summed E-state index contributed by atoms with van der Waals surface area (Å²) in [7, 11) is 0.115. The van der Waals surface area contributed by atoms with E-state index in [0.29, 0.717) is 11.6 Å². The molecule has 7 nitrogen and oxygen atoms in total. The van der Waals surface area contributed by atoms with Crippen molar-refractivity contribution in [1.29, 1.82) is 0 Å². The van der Waals surface area contributed by atoms with Gasteiger partial charge in [0.15, 0.2) is 0 Å². The summed E-state index contributed by atoms with van der Waals surface area (Å²) in [5, 5.41) is 6.04. The van der Waals surface area contributed by atoms with Gasteiger partial charge >= 0.3 is 0 Å². The largest absolute Gasteiger partial charge is 0.497 e. The van der Waals surface area contributed by atoms with E-state index in [4.69, 9.17) is 9.26 Å². The molecule has 1 amide bonds. The fourth-order valence-electron chi connectivity index (χ4n) is 2.03. The third-order valence-corrected chi connectivity index (χ3v) is 4.86. The standard InChI is InChI=1S/C17H23N3O4S/c1-11(16(21)19-17(2,3)4)25(22)10-14-18-15(20-24-14)12-7-6-8-13(9-12)23-5/h6-9,11H,10H2,1-5H3,(H,19,21). The van der Waals surface area contributed by atoms with Crippen molar-refractivity contribution in [2.75, 3.05) is 7.11 Å². The Kier molecular flexibility index (Phi) is 5.94. The second kappa shape index (κ2) is 7.77. The first-order chi connectivity index (χ1) is 11.7. The molecule has 0 aliphatic carbocycles. The molecule has 136 valence electrons. The Morgan fingerprint density at radius 1 is 1.40 bits per heavy atom. The van der Waals surface area contributed by atoms with Crippen LogP contribution in [-0.4, -0.2) is 38.2 Å². The summed E-state index contributed by atoms with van der Waals surface area (Å²) < 4.78 is 22.7. The molecule has 0 spiro atoms. The number of aromatic nitrogens is 2. The smallest absolute Gasteiger partial charge is 0.239 e. The molecule has 0 bridgehead atoms. The molecule has 0 aliphatic rings. The molecule has 8 heteroatoms. The van der Waals surface area contributed by atoms with Gasteiger partial charge in [-0.25, -0.2) is 0 Å². The van der Waals surface area contributed by atoms with Crippen LogP contribution in [0.25, 0.3) is 11.4 Å². The van der Waals surface area contributed by atoms with Gasteiger partial charge in [0.2, 0.25) is 17.6 Å². The van der Waals surface area contributed by atoms with Crippen LogP contribution < -0.4 is 10.1 Å². The van der Waals surface area contributed by atoms with Crippen LogP contribution in [0, 0.1) is 0 Å². The Balaban J connectivity index is 2.05. The number of nitrogens with one attached hydrogen (secondary N) is 1. The van der Waals surface area contributed by atoms with Crippen molar-refractivity contribution in [1.82, 2.24) is 15.5 Å². The minimum absolute atomic E-state index is 0.0235. The van der Waals surface area contributed by atoms with Gasteiger partial charge in [0.1, 0.15) is 16.8 Å². The molecule has 2 aromatic rings. The number of carbonyl (C=O) groups excluding carboxylic acids is 1. The monoisotopic (exact) mass is 365 g/mol. The van der Waals surface area contributed by atoms with Gasteiger partial charge in [-0.3, -0.25) is 9.00 Å². The lowest BCUT2D eigenvalue weighted by Crippen LogP contribution is -2.46. The number of ether oxygens (including phenoxy) is 1. The van der Waals surface area contributed by atoms with Gasteiger partial charge < -0.3 is 14.6 Å². The van der Waals surface area contributed by atoms with Crippen molar-refractivity contribution in [3.63, 3.8) is 0 Å². The van der Waals surface area contributed by atoms with E-state index in [-0.39, 0.29) is 23.1 Å². The third kappa shape index (κ3) is 5.38. The molecule has 0 aliphatic heterocycles. The minimum Gasteiger partial charge on any atom is -0.497 e. The van der Waals surface area contributed by atoms with Crippen molar-refractivity contribution < 1.29 is 18.3 Å². The van der Waals surface area contributed by atoms with E-state index in [1.54, 1.807) is 20.1 Å². The third-order valence-electron chi connectivity index (χ3n) is 3.32. The van der Waals surface area contributed by atoms with E-state index in [0.717, 1.165) is 5.56 Å². The molecular weight excluding hydrogens is 342 g/mol. The second-order valence-electron chi connectivity index (χ2n) is 6.65. The predicted octanol–water partition coefficient (Wildman–Crippen LogP) is 2.30. The van der Waals surface area contributed by atoms with Gasteiger partial charge in [0.25, 0.3) is 0 Å². The number of benzene rings is 1. The van der Waals surface area contributed by atoms with Gasteiger partial charge in [-0.05, 0) is 39.8 Å². The van der Waals surface area contributed by atoms with Crippen LogP contribution in [0.2, 0.25) is 0 Å². The lowest BCUT2D eigenvalue weighted by Gasteiger charge is -2.22. The number of methoxy groups -OCH3 is 1. The highest BCUT2D eigenvalue weighted by atomic mass is 32.2. The van der Waals surface area contributed by atoms with Gasteiger partial charge in [-0.15, -0.1) is 0 Å². The summed E-state index contributed by atoms with van der Waals surface area (Å²) in [6.45, 7) is 7.24. The number of hydrogen-bond donors (Lipinski definition) is 1. The number of hydrogen-bond acceptors (Lipinski definition) is 6. The maximum atomic E-state index is 12.4. The molecule has 0 saturated heterocycles. The van der Waals surface area contributed by atoms with Crippen molar-refractivity contribution >= 4 is 16.7 Å². The molecule has 1 aromatic carbocycles. The van der Waals surface area contributed by atoms with Crippen LogP contribution in [0.1, 0.15) is 33.6 Å².